The van der Waals surface area contributed by atoms with Crippen molar-refractivity contribution in [3.8, 4) is 5.75 Å². The van der Waals surface area contributed by atoms with Crippen molar-refractivity contribution in [1.29, 1.82) is 0 Å². The molecule has 0 aliphatic rings. The van der Waals surface area contributed by atoms with Crippen LogP contribution in [0.5, 0.6) is 5.75 Å². The smallest absolute Gasteiger partial charge is 0.268 e. The molecule has 2 rings (SSSR count). The number of nitrogens with zero attached hydrogens (tertiary/aromatic N) is 1. The summed E-state index contributed by atoms with van der Waals surface area (Å²) in [7, 11) is -2.19. The molecule has 0 spiro atoms. The van der Waals surface area contributed by atoms with E-state index in [4.69, 9.17) is 4.74 Å². The van der Waals surface area contributed by atoms with Crippen LogP contribution in [0.1, 0.15) is 25.0 Å². The lowest BCUT2D eigenvalue weighted by Gasteiger charge is -2.27. The summed E-state index contributed by atoms with van der Waals surface area (Å²) in [6.45, 7) is 9.30. The monoisotopic (exact) mass is 357 g/mol. The summed E-state index contributed by atoms with van der Waals surface area (Å²) in [6, 6.07) is 12.1. The summed E-state index contributed by atoms with van der Waals surface area (Å²) < 4.78 is 33.1. The van der Waals surface area contributed by atoms with E-state index in [0.29, 0.717) is 22.7 Å². The number of benzene rings is 2. The highest BCUT2D eigenvalue weighted by molar-refractivity contribution is 7.93. The summed E-state index contributed by atoms with van der Waals surface area (Å²) in [4.78, 5) is 0.241. The van der Waals surface area contributed by atoms with E-state index in [1.54, 1.807) is 68.7 Å². The van der Waals surface area contributed by atoms with Gasteiger partial charge >= 0.3 is 0 Å². The van der Waals surface area contributed by atoms with Crippen LogP contribution in [0.15, 0.2) is 65.7 Å². The molecule has 0 aliphatic carbocycles. The number of ether oxygens (including phenoxy) is 1. The van der Waals surface area contributed by atoms with Crippen LogP contribution < -0.4 is 9.04 Å². The Bertz CT molecular complexity index is 897. The fourth-order valence-corrected chi connectivity index (χ4v) is 4.05. The second kappa shape index (κ2) is 7.57. The number of anilines is 1. The first kappa shape index (κ1) is 18.8. The van der Waals surface area contributed by atoms with Gasteiger partial charge in [0.25, 0.3) is 10.0 Å². The first-order valence-electron chi connectivity index (χ1n) is 7.90. The minimum atomic E-state index is -3.76. The lowest BCUT2D eigenvalue weighted by atomic mass is 10.1. The van der Waals surface area contributed by atoms with Crippen molar-refractivity contribution < 1.29 is 13.2 Å². The van der Waals surface area contributed by atoms with Crippen LogP contribution in [0, 0.1) is 6.92 Å². The van der Waals surface area contributed by atoms with Gasteiger partial charge in [0.2, 0.25) is 0 Å². The summed E-state index contributed by atoms with van der Waals surface area (Å²) >= 11 is 0. The second-order valence-corrected chi connectivity index (χ2v) is 7.43. The van der Waals surface area contributed by atoms with Crippen molar-refractivity contribution in [2.24, 2.45) is 0 Å². The van der Waals surface area contributed by atoms with Gasteiger partial charge in [0, 0.05) is 11.3 Å². The van der Waals surface area contributed by atoms with Crippen molar-refractivity contribution in [2.45, 2.75) is 25.7 Å². The van der Waals surface area contributed by atoms with Gasteiger partial charge in [-0.25, -0.2) is 12.7 Å². The molecule has 0 radical (unpaired) electrons. The molecule has 0 aliphatic heterocycles. The van der Waals surface area contributed by atoms with Gasteiger partial charge in [-0.05, 0) is 51.1 Å². The Kier molecular flexibility index (Phi) is 5.69. The maximum atomic E-state index is 13.3. The minimum absolute atomic E-state index is 0.241. The molecule has 2 aromatic carbocycles. The zero-order valence-corrected chi connectivity index (χ0v) is 15.8. The predicted octanol–water partition coefficient (Wildman–Crippen LogP) is 4.77. The molecule has 5 heteroatoms. The van der Waals surface area contributed by atoms with Gasteiger partial charge in [0.1, 0.15) is 5.75 Å². The fourth-order valence-electron chi connectivity index (χ4n) is 2.45. The second-order valence-electron chi connectivity index (χ2n) is 5.64. The predicted molar refractivity (Wildman–Crippen MR) is 103 cm³/mol. The molecule has 132 valence electrons. The Labute approximate surface area is 150 Å². The van der Waals surface area contributed by atoms with Gasteiger partial charge < -0.3 is 4.74 Å². The Hall–Kier alpha value is -2.53. The normalized spacial score (nSPS) is 11.9. The molecule has 4 nitrogen and oxygen atoms in total. The number of hydrogen-bond donors (Lipinski definition) is 0. The van der Waals surface area contributed by atoms with Gasteiger partial charge in [-0.15, -0.1) is 0 Å². The van der Waals surface area contributed by atoms with Crippen molar-refractivity contribution in [1.82, 2.24) is 0 Å². The van der Waals surface area contributed by atoms with E-state index in [2.05, 4.69) is 6.58 Å². The van der Waals surface area contributed by atoms with E-state index < -0.39 is 10.0 Å². The largest absolute Gasteiger partial charge is 0.497 e. The van der Waals surface area contributed by atoms with E-state index in [0.717, 1.165) is 5.56 Å². The molecule has 0 saturated heterocycles. The summed E-state index contributed by atoms with van der Waals surface area (Å²) in [5.41, 5.74) is 2.82. The third-order valence-corrected chi connectivity index (χ3v) is 5.80. The number of rotatable bonds is 6. The number of sulfonamides is 1. The first-order chi connectivity index (χ1) is 11.8. The topological polar surface area (TPSA) is 46.6 Å². The Morgan fingerprint density at radius 2 is 1.80 bits per heavy atom. The van der Waals surface area contributed by atoms with E-state index in [1.165, 1.54) is 4.31 Å². The molecule has 0 heterocycles. The van der Waals surface area contributed by atoms with Crippen LogP contribution in [0.25, 0.3) is 6.08 Å². The van der Waals surface area contributed by atoms with Gasteiger partial charge in [-0.2, -0.15) is 0 Å². The summed E-state index contributed by atoms with van der Waals surface area (Å²) in [5.74, 6) is 0.643. The Morgan fingerprint density at radius 3 is 2.32 bits per heavy atom. The highest BCUT2D eigenvalue weighted by Gasteiger charge is 2.27. The zero-order valence-electron chi connectivity index (χ0n) is 15.0. The number of methoxy groups -OCH3 is 1. The fraction of sp³-hybridized carbons (Fsp3) is 0.200. The van der Waals surface area contributed by atoms with Crippen molar-refractivity contribution in [3.63, 3.8) is 0 Å². The van der Waals surface area contributed by atoms with Gasteiger partial charge in [0.05, 0.1) is 17.7 Å². The average Bonchev–Trinajstić information content (AvgIpc) is 2.62. The summed E-state index contributed by atoms with van der Waals surface area (Å²) in [5, 5.41) is 0. The molecular weight excluding hydrogens is 334 g/mol. The van der Waals surface area contributed by atoms with Crippen molar-refractivity contribution in [2.75, 3.05) is 11.4 Å². The van der Waals surface area contributed by atoms with Crippen LogP contribution in [0.2, 0.25) is 0 Å². The average molecular weight is 357 g/mol. The standard InChI is InChI=1S/C20H23NO3S/c1-6-16(4)21(20-13-10-18(24-5)14-17(20)7-2)25(22,23)19-11-8-15(3)9-12-19/h6-14H,2H2,1,3-5H3/b16-6+. The van der Waals surface area contributed by atoms with Crippen LogP contribution in [-0.4, -0.2) is 15.5 Å². The molecule has 0 aromatic heterocycles. The van der Waals surface area contributed by atoms with Crippen molar-refractivity contribution >= 4 is 21.8 Å². The lowest BCUT2D eigenvalue weighted by molar-refractivity contribution is 0.414. The van der Waals surface area contributed by atoms with Crippen LogP contribution in [0.4, 0.5) is 5.69 Å². The molecule has 0 unspecified atom stereocenters. The highest BCUT2D eigenvalue weighted by Crippen LogP contribution is 2.33. The molecule has 25 heavy (non-hydrogen) atoms. The SMILES string of the molecule is C=Cc1cc(OC)ccc1N(/C(C)=C/C)S(=O)(=O)c1ccc(C)cc1. The Morgan fingerprint density at radius 1 is 1.16 bits per heavy atom. The third kappa shape index (κ3) is 3.77. The van der Waals surface area contributed by atoms with E-state index in [9.17, 15) is 8.42 Å². The molecule has 0 saturated carbocycles. The summed E-state index contributed by atoms with van der Waals surface area (Å²) in [6.07, 6.45) is 3.39. The molecule has 0 bridgehead atoms. The maximum Gasteiger partial charge on any atom is 0.268 e. The number of aryl methyl sites for hydroxylation is 1. The zero-order chi connectivity index (χ0) is 18.6. The van der Waals surface area contributed by atoms with E-state index in [1.807, 2.05) is 13.8 Å². The van der Waals surface area contributed by atoms with E-state index in [-0.39, 0.29) is 4.90 Å². The quantitative estimate of drug-likeness (QED) is 0.748. The van der Waals surface area contributed by atoms with Gasteiger partial charge in [-0.3, -0.25) is 0 Å². The number of allylic oxidation sites excluding steroid dienone is 2. The highest BCUT2D eigenvalue weighted by atomic mass is 32.2. The molecule has 0 amide bonds. The molecule has 0 fully saturated rings. The van der Waals surface area contributed by atoms with Crippen LogP contribution in [0.3, 0.4) is 0 Å². The number of hydrogen-bond acceptors (Lipinski definition) is 3. The molecule has 0 atom stereocenters. The molecular formula is C20H23NO3S. The van der Waals surface area contributed by atoms with Crippen LogP contribution in [-0.2, 0) is 10.0 Å². The molecule has 2 aromatic rings. The lowest BCUT2D eigenvalue weighted by Crippen LogP contribution is -2.30. The van der Waals surface area contributed by atoms with E-state index >= 15 is 0 Å². The molecule has 0 N–H and O–H groups in total. The van der Waals surface area contributed by atoms with Gasteiger partial charge in [0.15, 0.2) is 0 Å². The Balaban J connectivity index is 2.69. The van der Waals surface area contributed by atoms with Gasteiger partial charge in [-0.1, -0.05) is 36.4 Å². The third-order valence-electron chi connectivity index (χ3n) is 3.97. The first-order valence-corrected chi connectivity index (χ1v) is 9.34. The minimum Gasteiger partial charge on any atom is -0.497 e. The maximum absolute atomic E-state index is 13.3. The van der Waals surface area contributed by atoms with Crippen molar-refractivity contribution in [3.05, 3.63) is 71.9 Å². The van der Waals surface area contributed by atoms with Crippen LogP contribution >= 0.6 is 0 Å².